The highest BCUT2D eigenvalue weighted by molar-refractivity contribution is 5.38. The average Bonchev–Trinajstić information content (AvgIpc) is 2.91. The zero-order chi connectivity index (χ0) is 25.5. The van der Waals surface area contributed by atoms with Crippen LogP contribution in [0.4, 0.5) is 0 Å². The van der Waals surface area contributed by atoms with Crippen molar-refractivity contribution in [2.75, 3.05) is 0 Å². The molecule has 1 atom stereocenters. The van der Waals surface area contributed by atoms with Crippen LogP contribution in [0.5, 0.6) is 0 Å². The SMILES string of the molecule is CCCC1CCC(C2(CC(C)C3(C4CCC(CCC)(OC=O)CC4)CCCCC3)CCCCC2)CC1. The van der Waals surface area contributed by atoms with E-state index in [1.807, 2.05) is 0 Å². The molecule has 208 valence electrons. The van der Waals surface area contributed by atoms with Crippen LogP contribution in [0.25, 0.3) is 0 Å². The summed E-state index contributed by atoms with van der Waals surface area (Å²) in [5.74, 6) is 3.71. The van der Waals surface area contributed by atoms with Crippen molar-refractivity contribution in [1.29, 1.82) is 0 Å². The summed E-state index contributed by atoms with van der Waals surface area (Å²) in [6.45, 7) is 8.08. The molecular formula is C34H60O2. The van der Waals surface area contributed by atoms with E-state index in [2.05, 4.69) is 20.8 Å². The normalized spacial score (nSPS) is 35.6. The van der Waals surface area contributed by atoms with Gasteiger partial charge in [0, 0.05) is 0 Å². The second kappa shape index (κ2) is 13.0. The molecule has 36 heavy (non-hydrogen) atoms. The van der Waals surface area contributed by atoms with Crippen LogP contribution in [0.2, 0.25) is 0 Å². The predicted molar refractivity (Wildman–Crippen MR) is 152 cm³/mol. The molecule has 2 heteroatoms. The van der Waals surface area contributed by atoms with Gasteiger partial charge in [0.05, 0.1) is 0 Å². The topological polar surface area (TPSA) is 26.3 Å². The van der Waals surface area contributed by atoms with E-state index < -0.39 is 0 Å². The monoisotopic (exact) mass is 500 g/mol. The van der Waals surface area contributed by atoms with Gasteiger partial charge in [-0.15, -0.1) is 0 Å². The van der Waals surface area contributed by atoms with Gasteiger partial charge in [0.2, 0.25) is 0 Å². The Balaban J connectivity index is 1.49. The van der Waals surface area contributed by atoms with Crippen molar-refractivity contribution in [1.82, 2.24) is 0 Å². The van der Waals surface area contributed by atoms with E-state index in [9.17, 15) is 4.79 Å². The summed E-state index contributed by atoms with van der Waals surface area (Å²) < 4.78 is 5.80. The molecule has 0 amide bonds. The van der Waals surface area contributed by atoms with Crippen LogP contribution in [-0.2, 0) is 9.53 Å². The lowest BCUT2D eigenvalue weighted by molar-refractivity contribution is -0.152. The molecule has 0 aromatic carbocycles. The summed E-state index contributed by atoms with van der Waals surface area (Å²) in [5.41, 5.74) is 1.02. The maximum Gasteiger partial charge on any atom is 0.293 e. The van der Waals surface area contributed by atoms with E-state index in [0.717, 1.165) is 55.8 Å². The summed E-state index contributed by atoms with van der Waals surface area (Å²) in [5, 5.41) is 0. The first-order chi connectivity index (χ1) is 17.5. The van der Waals surface area contributed by atoms with Gasteiger partial charge in [0.15, 0.2) is 0 Å². The second-order valence-electron chi connectivity index (χ2n) is 14.2. The molecular weight excluding hydrogens is 440 g/mol. The molecule has 0 aromatic heterocycles. The van der Waals surface area contributed by atoms with Gasteiger partial charge >= 0.3 is 0 Å². The fourth-order valence-corrected chi connectivity index (χ4v) is 10.5. The van der Waals surface area contributed by atoms with Gasteiger partial charge < -0.3 is 4.74 Å². The fourth-order valence-electron chi connectivity index (χ4n) is 10.5. The zero-order valence-electron chi connectivity index (χ0n) is 24.5. The van der Waals surface area contributed by atoms with Crippen LogP contribution in [-0.4, -0.2) is 12.1 Å². The smallest absolute Gasteiger partial charge is 0.293 e. The molecule has 1 unspecified atom stereocenters. The van der Waals surface area contributed by atoms with Crippen molar-refractivity contribution in [2.24, 2.45) is 34.5 Å². The third-order valence-electron chi connectivity index (χ3n) is 12.5. The van der Waals surface area contributed by atoms with Crippen LogP contribution < -0.4 is 0 Å². The Morgan fingerprint density at radius 3 is 1.92 bits per heavy atom. The zero-order valence-corrected chi connectivity index (χ0v) is 24.5. The molecule has 0 aliphatic heterocycles. The van der Waals surface area contributed by atoms with E-state index in [4.69, 9.17) is 4.74 Å². The molecule has 0 aromatic rings. The molecule has 2 nitrogen and oxygen atoms in total. The lowest BCUT2D eigenvalue weighted by Gasteiger charge is -2.55. The number of rotatable bonds is 11. The fraction of sp³-hybridized carbons (Fsp3) is 0.971. The van der Waals surface area contributed by atoms with Crippen molar-refractivity contribution in [3.8, 4) is 0 Å². The Labute approximate surface area is 224 Å². The quantitative estimate of drug-likeness (QED) is 0.264. The van der Waals surface area contributed by atoms with E-state index >= 15 is 0 Å². The van der Waals surface area contributed by atoms with Crippen molar-refractivity contribution in [3.05, 3.63) is 0 Å². The Morgan fingerprint density at radius 2 is 1.36 bits per heavy atom. The standard InChI is InChI=1S/C34H60O2/c1-4-12-29-13-15-30(16-14-29)32(20-8-6-9-21-32)26-28(3)34(22-10-7-11-23-34)31-17-24-33(19-5-2,25-18-31)36-27-35/h27-31H,4-26H2,1-3H3. The minimum Gasteiger partial charge on any atom is -0.461 e. The Hall–Kier alpha value is -0.530. The van der Waals surface area contributed by atoms with Crippen LogP contribution >= 0.6 is 0 Å². The van der Waals surface area contributed by atoms with Gasteiger partial charge in [0.1, 0.15) is 5.60 Å². The first-order valence-corrected chi connectivity index (χ1v) is 16.6. The van der Waals surface area contributed by atoms with Gasteiger partial charge in [-0.3, -0.25) is 4.79 Å². The number of hydrogen-bond donors (Lipinski definition) is 0. The molecule has 0 heterocycles. The largest absolute Gasteiger partial charge is 0.461 e. The Kier molecular flexibility index (Phi) is 10.3. The van der Waals surface area contributed by atoms with Crippen molar-refractivity contribution in [2.45, 2.75) is 174 Å². The lowest BCUT2D eigenvalue weighted by atomic mass is 9.50. The van der Waals surface area contributed by atoms with E-state index in [0.29, 0.717) is 10.8 Å². The summed E-state index contributed by atoms with van der Waals surface area (Å²) in [7, 11) is 0. The molecule has 0 bridgehead atoms. The molecule has 0 radical (unpaired) electrons. The second-order valence-corrected chi connectivity index (χ2v) is 14.2. The molecule has 0 spiro atoms. The molecule has 0 saturated heterocycles. The summed E-state index contributed by atoms with van der Waals surface area (Å²) in [4.78, 5) is 11.3. The van der Waals surface area contributed by atoms with Gasteiger partial charge in [-0.1, -0.05) is 91.4 Å². The Morgan fingerprint density at radius 1 is 0.750 bits per heavy atom. The van der Waals surface area contributed by atoms with E-state index in [-0.39, 0.29) is 5.60 Å². The third kappa shape index (κ3) is 6.20. The Bertz CT molecular complexity index is 640. The first kappa shape index (κ1) is 28.5. The number of carbonyl (C=O) groups is 1. The van der Waals surface area contributed by atoms with E-state index in [1.54, 1.807) is 0 Å². The number of ether oxygens (including phenoxy) is 1. The molecule has 4 aliphatic rings. The highest BCUT2D eigenvalue weighted by Crippen LogP contribution is 2.60. The molecule has 0 N–H and O–H groups in total. The molecule has 4 fully saturated rings. The van der Waals surface area contributed by atoms with Crippen LogP contribution in [0.3, 0.4) is 0 Å². The first-order valence-electron chi connectivity index (χ1n) is 16.6. The van der Waals surface area contributed by atoms with Crippen LogP contribution in [0.1, 0.15) is 168 Å². The molecule has 4 saturated carbocycles. The van der Waals surface area contributed by atoms with E-state index in [1.165, 1.54) is 122 Å². The third-order valence-corrected chi connectivity index (χ3v) is 12.5. The van der Waals surface area contributed by atoms with Gasteiger partial charge in [-0.25, -0.2) is 0 Å². The summed E-state index contributed by atoms with van der Waals surface area (Å²) in [6.07, 6.45) is 32.1. The van der Waals surface area contributed by atoms with Gasteiger partial charge in [0.25, 0.3) is 6.47 Å². The van der Waals surface area contributed by atoms with Gasteiger partial charge in [-0.2, -0.15) is 0 Å². The van der Waals surface area contributed by atoms with Crippen LogP contribution in [0.15, 0.2) is 0 Å². The van der Waals surface area contributed by atoms with Gasteiger partial charge in [-0.05, 0) is 112 Å². The summed E-state index contributed by atoms with van der Waals surface area (Å²) in [6, 6.07) is 0. The summed E-state index contributed by atoms with van der Waals surface area (Å²) >= 11 is 0. The highest BCUT2D eigenvalue weighted by Gasteiger charge is 2.51. The highest BCUT2D eigenvalue weighted by atomic mass is 16.5. The molecule has 4 rings (SSSR count). The van der Waals surface area contributed by atoms with Crippen molar-refractivity contribution in [3.63, 3.8) is 0 Å². The lowest BCUT2D eigenvalue weighted by Crippen LogP contribution is -2.47. The predicted octanol–water partition coefficient (Wildman–Crippen LogP) is 10.4. The molecule has 4 aliphatic carbocycles. The maximum atomic E-state index is 11.3. The minimum absolute atomic E-state index is 0.159. The van der Waals surface area contributed by atoms with Crippen molar-refractivity contribution < 1.29 is 9.53 Å². The maximum absolute atomic E-state index is 11.3. The minimum atomic E-state index is -0.159. The number of carbonyl (C=O) groups excluding carboxylic acids is 1. The van der Waals surface area contributed by atoms with Crippen LogP contribution in [0, 0.1) is 34.5 Å². The van der Waals surface area contributed by atoms with Crippen molar-refractivity contribution >= 4 is 6.47 Å². The average molecular weight is 501 g/mol. The number of hydrogen-bond acceptors (Lipinski definition) is 2.